The minimum absolute atomic E-state index is 0.343. The van der Waals surface area contributed by atoms with Gasteiger partial charge in [-0.2, -0.15) is 10.2 Å². The highest BCUT2D eigenvalue weighted by Crippen LogP contribution is 2.34. The Bertz CT molecular complexity index is 1560. The molecular weight excluding hydrogens is 482 g/mol. The van der Waals surface area contributed by atoms with Gasteiger partial charge in [0.1, 0.15) is 16.1 Å². The average molecular weight is 502 g/mol. The zero-order chi connectivity index (χ0) is 24.5. The molecule has 2 aromatic carbocycles. The van der Waals surface area contributed by atoms with Crippen LogP contribution in [-0.2, 0) is 0 Å². The van der Waals surface area contributed by atoms with E-state index in [0.29, 0.717) is 32.5 Å². The van der Waals surface area contributed by atoms with Gasteiger partial charge in [-0.25, -0.2) is 9.97 Å². The van der Waals surface area contributed by atoms with Crippen molar-refractivity contribution in [1.29, 1.82) is 0 Å². The summed E-state index contributed by atoms with van der Waals surface area (Å²) in [7, 11) is 1.59. The normalized spacial score (nSPS) is 11.0. The maximum absolute atomic E-state index is 13.2. The number of fused-ring (bicyclic) bond motifs is 1. The lowest BCUT2D eigenvalue weighted by Crippen LogP contribution is -2.14. The summed E-state index contributed by atoms with van der Waals surface area (Å²) in [5, 5.41) is 11.9. The number of carbonyl (C=O) groups excluding carboxylic acids is 1. The smallest absolute Gasteiger partial charge is 0.259 e. The first-order chi connectivity index (χ1) is 16.9. The molecule has 0 aliphatic rings. The van der Waals surface area contributed by atoms with Crippen LogP contribution in [0.1, 0.15) is 21.5 Å². The minimum atomic E-state index is -0.343. The predicted molar refractivity (Wildman–Crippen MR) is 139 cm³/mol. The van der Waals surface area contributed by atoms with Gasteiger partial charge in [0.15, 0.2) is 5.13 Å². The average Bonchev–Trinajstić information content (AvgIpc) is 3.25. The quantitative estimate of drug-likeness (QED) is 0.302. The van der Waals surface area contributed by atoms with Crippen LogP contribution in [-0.4, -0.2) is 33.2 Å². The Hall–Kier alpha value is -3.88. The van der Waals surface area contributed by atoms with Crippen molar-refractivity contribution in [3.63, 3.8) is 0 Å². The van der Waals surface area contributed by atoms with Gasteiger partial charge >= 0.3 is 0 Å². The Balaban J connectivity index is 1.47. The van der Waals surface area contributed by atoms with Crippen LogP contribution < -0.4 is 10.1 Å². The molecule has 0 bridgehead atoms. The van der Waals surface area contributed by atoms with E-state index >= 15 is 0 Å². The minimum Gasteiger partial charge on any atom is -0.496 e. The van der Waals surface area contributed by atoms with Crippen LogP contribution >= 0.6 is 22.9 Å². The number of methoxy groups -OCH3 is 1. The summed E-state index contributed by atoms with van der Waals surface area (Å²) < 4.78 is 5.46. The number of halogens is 1. The number of aromatic nitrogens is 4. The van der Waals surface area contributed by atoms with Crippen molar-refractivity contribution in [2.75, 3.05) is 12.4 Å². The van der Waals surface area contributed by atoms with E-state index < -0.39 is 0 Å². The van der Waals surface area contributed by atoms with Gasteiger partial charge in [0.05, 0.1) is 30.8 Å². The number of ether oxygens (including phenoxy) is 1. The Morgan fingerprint density at radius 3 is 2.49 bits per heavy atom. The summed E-state index contributed by atoms with van der Waals surface area (Å²) in [6.07, 6.45) is 2.99. The molecule has 1 N–H and O–H groups in total. The van der Waals surface area contributed by atoms with Crippen molar-refractivity contribution in [2.45, 2.75) is 13.8 Å². The third-order valence-corrected chi connectivity index (χ3v) is 6.70. The highest BCUT2D eigenvalue weighted by Gasteiger charge is 2.19. The number of anilines is 1. The zero-order valence-corrected chi connectivity index (χ0v) is 20.7. The van der Waals surface area contributed by atoms with E-state index in [1.807, 2.05) is 62.4 Å². The molecule has 0 saturated heterocycles. The number of rotatable bonds is 5. The third kappa shape index (κ3) is 4.45. The standard InChI is InChI=1S/C26H20ClN5O2S/c1-14-10-16(27)11-15(2)23(14)20-8-9-21-25(30-20)35-26(31-21)32-24(33)19-13-29-28-12-18(19)17-6-4-5-7-22(17)34-3/h4-13H,1-3H3,(H,31,32,33). The fourth-order valence-electron chi connectivity index (χ4n) is 4.07. The van der Waals surface area contributed by atoms with Gasteiger partial charge in [0.25, 0.3) is 5.91 Å². The van der Waals surface area contributed by atoms with Crippen molar-refractivity contribution in [1.82, 2.24) is 20.2 Å². The SMILES string of the molecule is COc1ccccc1-c1cnncc1C(=O)Nc1nc2ccc(-c3c(C)cc(Cl)cc3C)nc2s1. The second-order valence-corrected chi connectivity index (χ2v) is 9.34. The molecule has 5 rings (SSSR count). The molecule has 9 heteroatoms. The van der Waals surface area contributed by atoms with Gasteiger partial charge < -0.3 is 4.74 Å². The number of nitrogens with one attached hydrogen (secondary N) is 1. The van der Waals surface area contributed by atoms with E-state index in [1.165, 1.54) is 17.5 Å². The largest absolute Gasteiger partial charge is 0.496 e. The first-order valence-corrected chi connectivity index (χ1v) is 11.9. The van der Waals surface area contributed by atoms with E-state index in [4.69, 9.17) is 21.3 Å². The lowest BCUT2D eigenvalue weighted by molar-refractivity contribution is 0.102. The number of amides is 1. The van der Waals surface area contributed by atoms with Gasteiger partial charge in [-0.1, -0.05) is 41.1 Å². The summed E-state index contributed by atoms with van der Waals surface area (Å²) >= 11 is 7.50. The number of carbonyl (C=O) groups is 1. The number of hydrogen-bond donors (Lipinski definition) is 1. The fraction of sp³-hybridized carbons (Fsp3) is 0.115. The number of pyridine rings is 1. The highest BCUT2D eigenvalue weighted by atomic mass is 35.5. The molecule has 0 fully saturated rings. The van der Waals surface area contributed by atoms with Crippen LogP contribution in [0.2, 0.25) is 5.02 Å². The monoisotopic (exact) mass is 501 g/mol. The molecule has 0 aliphatic carbocycles. The molecule has 1 amide bonds. The molecule has 5 aromatic rings. The Morgan fingerprint density at radius 2 is 1.71 bits per heavy atom. The summed E-state index contributed by atoms with van der Waals surface area (Å²) in [6.45, 7) is 4.03. The molecule has 3 aromatic heterocycles. The van der Waals surface area contributed by atoms with Crippen LogP contribution in [0.5, 0.6) is 5.75 Å². The van der Waals surface area contributed by atoms with Crippen molar-refractivity contribution in [3.8, 4) is 28.1 Å². The van der Waals surface area contributed by atoms with Crippen LogP contribution in [0.15, 0.2) is 60.9 Å². The molecule has 3 heterocycles. The summed E-state index contributed by atoms with van der Waals surface area (Å²) in [4.78, 5) is 23.3. The molecule has 0 atom stereocenters. The van der Waals surface area contributed by atoms with Gasteiger partial charge in [-0.15, -0.1) is 0 Å². The van der Waals surface area contributed by atoms with Crippen molar-refractivity contribution < 1.29 is 9.53 Å². The predicted octanol–water partition coefficient (Wildman–Crippen LogP) is 6.35. The lowest BCUT2D eigenvalue weighted by atomic mass is 9.99. The molecule has 7 nitrogen and oxygen atoms in total. The number of hydrogen-bond acceptors (Lipinski definition) is 7. The maximum Gasteiger partial charge on any atom is 0.259 e. The first kappa shape index (κ1) is 22.9. The van der Waals surface area contributed by atoms with Gasteiger partial charge in [0, 0.05) is 21.7 Å². The molecule has 0 saturated carbocycles. The summed E-state index contributed by atoms with van der Waals surface area (Å²) in [5.41, 5.74) is 6.41. The van der Waals surface area contributed by atoms with E-state index in [0.717, 1.165) is 32.8 Å². The van der Waals surface area contributed by atoms with E-state index in [2.05, 4.69) is 20.5 Å². The van der Waals surface area contributed by atoms with Crippen molar-refractivity contribution >= 4 is 44.3 Å². The van der Waals surface area contributed by atoms with Gasteiger partial charge in [-0.3, -0.25) is 10.1 Å². The topological polar surface area (TPSA) is 89.9 Å². The molecule has 174 valence electrons. The Labute approximate surface area is 210 Å². The van der Waals surface area contributed by atoms with Gasteiger partial charge in [0.2, 0.25) is 0 Å². The van der Waals surface area contributed by atoms with Crippen molar-refractivity contribution in [2.24, 2.45) is 0 Å². The second kappa shape index (κ2) is 9.40. The molecule has 35 heavy (non-hydrogen) atoms. The number of nitrogens with zero attached hydrogens (tertiary/aromatic N) is 4. The molecule has 0 unspecified atom stereocenters. The van der Waals surface area contributed by atoms with E-state index in [1.54, 1.807) is 13.3 Å². The second-order valence-electron chi connectivity index (χ2n) is 7.93. The summed E-state index contributed by atoms with van der Waals surface area (Å²) in [5.74, 6) is 0.295. The van der Waals surface area contributed by atoms with Crippen LogP contribution in [0.25, 0.3) is 32.7 Å². The van der Waals surface area contributed by atoms with Crippen LogP contribution in [0.3, 0.4) is 0 Å². The Morgan fingerprint density at radius 1 is 0.971 bits per heavy atom. The number of thiazole rings is 1. The fourth-order valence-corrected chi connectivity index (χ4v) is 5.23. The third-order valence-electron chi connectivity index (χ3n) is 5.60. The first-order valence-electron chi connectivity index (χ1n) is 10.7. The molecule has 0 radical (unpaired) electrons. The van der Waals surface area contributed by atoms with Gasteiger partial charge in [-0.05, 0) is 55.3 Å². The number of para-hydroxylation sites is 1. The molecular formula is C26H20ClN5O2S. The molecule has 0 aliphatic heterocycles. The lowest BCUT2D eigenvalue weighted by Gasteiger charge is -2.11. The van der Waals surface area contributed by atoms with E-state index in [9.17, 15) is 4.79 Å². The maximum atomic E-state index is 13.2. The number of benzene rings is 2. The van der Waals surface area contributed by atoms with Crippen LogP contribution in [0, 0.1) is 13.8 Å². The molecule has 0 spiro atoms. The summed E-state index contributed by atoms with van der Waals surface area (Å²) in [6, 6.07) is 15.1. The Kier molecular flexibility index (Phi) is 6.15. The number of aryl methyl sites for hydroxylation is 2. The van der Waals surface area contributed by atoms with Crippen molar-refractivity contribution in [3.05, 3.63) is 82.6 Å². The zero-order valence-electron chi connectivity index (χ0n) is 19.2. The van der Waals surface area contributed by atoms with Crippen LogP contribution in [0.4, 0.5) is 5.13 Å². The van der Waals surface area contributed by atoms with E-state index in [-0.39, 0.29) is 5.91 Å². The highest BCUT2D eigenvalue weighted by molar-refractivity contribution is 7.22.